The fraction of sp³-hybridized carbons (Fsp3) is 0.182. The fourth-order valence-corrected chi connectivity index (χ4v) is 1.01. The van der Waals surface area contributed by atoms with E-state index < -0.39 is 11.6 Å². The Balaban J connectivity index is 3.10. The molecule has 3 nitrogen and oxygen atoms in total. The number of hydrogen-bond acceptors (Lipinski definition) is 2. The Labute approximate surface area is 82.0 Å². The van der Waals surface area contributed by atoms with Crippen LogP contribution >= 0.6 is 0 Å². The Morgan fingerprint density at radius 2 is 1.93 bits per heavy atom. The minimum atomic E-state index is -1.87. The van der Waals surface area contributed by atoms with E-state index in [1.54, 1.807) is 12.1 Å². The van der Waals surface area contributed by atoms with Crippen molar-refractivity contribution in [2.75, 3.05) is 0 Å². The quantitative estimate of drug-likeness (QED) is 0.683. The average molecular weight is 190 g/mol. The lowest BCUT2D eigenvalue weighted by molar-refractivity contribution is -0.157. The monoisotopic (exact) mass is 190 g/mol. The molecule has 0 spiro atoms. The van der Waals surface area contributed by atoms with Crippen LogP contribution in [0.1, 0.15) is 18.1 Å². The summed E-state index contributed by atoms with van der Waals surface area (Å²) in [5, 5.41) is 18.3. The van der Waals surface area contributed by atoms with Gasteiger partial charge in [0.1, 0.15) is 0 Å². The topological polar surface area (TPSA) is 57.5 Å². The zero-order valence-corrected chi connectivity index (χ0v) is 7.69. The van der Waals surface area contributed by atoms with Crippen molar-refractivity contribution in [3.05, 3.63) is 35.4 Å². The first-order valence-corrected chi connectivity index (χ1v) is 4.01. The van der Waals surface area contributed by atoms with Gasteiger partial charge in [0.05, 0.1) is 0 Å². The molecule has 0 heterocycles. The Bertz CT molecular complexity index is 382. The van der Waals surface area contributed by atoms with Crippen LogP contribution in [0.25, 0.3) is 0 Å². The highest BCUT2D eigenvalue weighted by Crippen LogP contribution is 2.20. The van der Waals surface area contributed by atoms with Crippen LogP contribution < -0.4 is 0 Å². The van der Waals surface area contributed by atoms with E-state index in [2.05, 4.69) is 5.92 Å². The van der Waals surface area contributed by atoms with E-state index in [-0.39, 0.29) is 0 Å². The molecule has 2 N–H and O–H groups in total. The maximum atomic E-state index is 10.7. The minimum Gasteiger partial charge on any atom is -0.479 e. The number of terminal acetylenes is 1. The van der Waals surface area contributed by atoms with Crippen molar-refractivity contribution in [3.8, 4) is 12.3 Å². The van der Waals surface area contributed by atoms with Crippen LogP contribution in [-0.4, -0.2) is 16.2 Å². The molecular formula is C11H10O3. The van der Waals surface area contributed by atoms with Crippen molar-refractivity contribution >= 4 is 5.97 Å². The van der Waals surface area contributed by atoms with Crippen LogP contribution in [0.3, 0.4) is 0 Å². The van der Waals surface area contributed by atoms with Crippen LogP contribution in [0.15, 0.2) is 24.3 Å². The predicted molar refractivity (Wildman–Crippen MR) is 51.6 cm³/mol. The summed E-state index contributed by atoms with van der Waals surface area (Å²) in [5.41, 5.74) is -0.911. The van der Waals surface area contributed by atoms with Crippen molar-refractivity contribution in [1.29, 1.82) is 0 Å². The van der Waals surface area contributed by atoms with E-state index in [1.807, 2.05) is 0 Å². The number of carbonyl (C=O) groups is 1. The first-order chi connectivity index (χ1) is 6.48. The molecule has 0 radical (unpaired) electrons. The molecule has 1 aromatic rings. The second kappa shape index (κ2) is 3.52. The van der Waals surface area contributed by atoms with E-state index in [0.717, 1.165) is 0 Å². The van der Waals surface area contributed by atoms with Gasteiger partial charge in [-0.05, 0) is 24.6 Å². The van der Waals surface area contributed by atoms with Gasteiger partial charge < -0.3 is 10.2 Å². The van der Waals surface area contributed by atoms with E-state index in [4.69, 9.17) is 11.5 Å². The zero-order valence-electron chi connectivity index (χ0n) is 7.69. The summed E-state index contributed by atoms with van der Waals surface area (Å²) in [5.74, 6) is 1.12. The first-order valence-electron chi connectivity index (χ1n) is 4.01. The molecule has 0 aliphatic heterocycles. The van der Waals surface area contributed by atoms with Gasteiger partial charge in [-0.1, -0.05) is 18.1 Å². The third-order valence-electron chi connectivity index (χ3n) is 2.03. The summed E-state index contributed by atoms with van der Waals surface area (Å²) in [6.45, 7) is 1.22. The first kappa shape index (κ1) is 10.3. The van der Waals surface area contributed by atoms with Gasteiger partial charge in [-0.15, -0.1) is 6.42 Å². The number of carboxylic acids is 1. The highest BCUT2D eigenvalue weighted by molar-refractivity contribution is 5.78. The number of benzene rings is 1. The fourth-order valence-electron chi connectivity index (χ4n) is 1.01. The van der Waals surface area contributed by atoms with Crippen molar-refractivity contribution < 1.29 is 15.0 Å². The van der Waals surface area contributed by atoms with Crippen molar-refractivity contribution in [3.63, 3.8) is 0 Å². The summed E-state index contributed by atoms with van der Waals surface area (Å²) in [7, 11) is 0. The molecule has 1 unspecified atom stereocenters. The highest BCUT2D eigenvalue weighted by Gasteiger charge is 2.31. The maximum Gasteiger partial charge on any atom is 0.340 e. The third-order valence-corrected chi connectivity index (χ3v) is 2.03. The number of aliphatic carboxylic acids is 1. The second-order valence-electron chi connectivity index (χ2n) is 3.10. The lowest BCUT2D eigenvalue weighted by Crippen LogP contribution is -2.31. The van der Waals surface area contributed by atoms with Crippen molar-refractivity contribution in [2.45, 2.75) is 12.5 Å². The molecule has 0 aromatic heterocycles. The van der Waals surface area contributed by atoms with Gasteiger partial charge in [0.2, 0.25) is 0 Å². The Morgan fingerprint density at radius 1 is 1.43 bits per heavy atom. The number of rotatable bonds is 2. The Kier molecular flexibility index (Phi) is 2.59. The number of hydrogen-bond donors (Lipinski definition) is 2. The number of carboxylic acid groups (broad SMARTS) is 1. The Hall–Kier alpha value is -1.79. The summed E-state index contributed by atoms with van der Waals surface area (Å²) >= 11 is 0. The average Bonchev–Trinajstić information content (AvgIpc) is 2.17. The molecule has 0 aliphatic carbocycles. The van der Waals surface area contributed by atoms with Gasteiger partial charge in [-0.3, -0.25) is 0 Å². The van der Waals surface area contributed by atoms with Crippen LogP contribution in [0.5, 0.6) is 0 Å². The summed E-state index contributed by atoms with van der Waals surface area (Å²) in [6.07, 6.45) is 5.14. The lowest BCUT2D eigenvalue weighted by Gasteiger charge is -2.17. The van der Waals surface area contributed by atoms with E-state index in [0.29, 0.717) is 11.1 Å². The molecule has 1 rings (SSSR count). The Morgan fingerprint density at radius 3 is 2.29 bits per heavy atom. The predicted octanol–water partition coefficient (Wildman–Crippen LogP) is 0.960. The van der Waals surface area contributed by atoms with E-state index in [1.165, 1.54) is 19.1 Å². The molecule has 14 heavy (non-hydrogen) atoms. The van der Waals surface area contributed by atoms with Crippen LogP contribution in [0.4, 0.5) is 0 Å². The SMILES string of the molecule is C#Cc1ccc(C(C)(O)C(=O)O)cc1. The molecule has 0 fully saturated rings. The van der Waals surface area contributed by atoms with Gasteiger partial charge in [0.25, 0.3) is 0 Å². The van der Waals surface area contributed by atoms with Gasteiger partial charge in [-0.2, -0.15) is 0 Å². The summed E-state index contributed by atoms with van der Waals surface area (Å²) in [4.78, 5) is 10.7. The molecule has 1 atom stereocenters. The van der Waals surface area contributed by atoms with Gasteiger partial charge >= 0.3 is 5.97 Å². The van der Waals surface area contributed by atoms with Crippen LogP contribution in [0, 0.1) is 12.3 Å². The normalized spacial score (nSPS) is 14.1. The highest BCUT2D eigenvalue weighted by atomic mass is 16.4. The summed E-state index contributed by atoms with van der Waals surface area (Å²) < 4.78 is 0. The molecule has 1 aromatic carbocycles. The van der Waals surface area contributed by atoms with Gasteiger partial charge in [-0.25, -0.2) is 4.79 Å². The molecule has 0 saturated heterocycles. The molecule has 0 bridgehead atoms. The third kappa shape index (κ3) is 1.76. The lowest BCUT2D eigenvalue weighted by atomic mass is 9.95. The minimum absolute atomic E-state index is 0.309. The zero-order chi connectivity index (χ0) is 10.8. The molecule has 0 saturated carbocycles. The van der Waals surface area contributed by atoms with Crippen molar-refractivity contribution in [1.82, 2.24) is 0 Å². The van der Waals surface area contributed by atoms with E-state index in [9.17, 15) is 9.90 Å². The van der Waals surface area contributed by atoms with Crippen molar-refractivity contribution in [2.24, 2.45) is 0 Å². The maximum absolute atomic E-state index is 10.7. The van der Waals surface area contributed by atoms with E-state index >= 15 is 0 Å². The largest absolute Gasteiger partial charge is 0.479 e. The summed E-state index contributed by atoms with van der Waals surface area (Å²) in [6, 6.07) is 6.19. The smallest absolute Gasteiger partial charge is 0.340 e. The van der Waals surface area contributed by atoms with Crippen LogP contribution in [0.2, 0.25) is 0 Å². The molecular weight excluding hydrogens is 180 g/mol. The molecule has 72 valence electrons. The molecule has 3 heteroatoms. The van der Waals surface area contributed by atoms with Gasteiger partial charge in [0.15, 0.2) is 5.60 Å². The molecule has 0 aliphatic rings. The van der Waals surface area contributed by atoms with Crippen LogP contribution in [-0.2, 0) is 10.4 Å². The standard InChI is InChI=1S/C11H10O3/c1-3-8-4-6-9(7-5-8)11(2,14)10(12)13/h1,4-7,14H,2H3,(H,12,13). The van der Waals surface area contributed by atoms with Gasteiger partial charge in [0, 0.05) is 5.56 Å². The molecule has 0 amide bonds. The number of aliphatic hydroxyl groups is 1. The second-order valence-corrected chi connectivity index (χ2v) is 3.10.